The lowest BCUT2D eigenvalue weighted by Gasteiger charge is -2.40. The number of aliphatic carboxylic acids is 1. The van der Waals surface area contributed by atoms with Crippen molar-refractivity contribution in [3.63, 3.8) is 0 Å². The van der Waals surface area contributed by atoms with Crippen LogP contribution >= 0.6 is 0 Å². The maximum absolute atomic E-state index is 13.3. The molecule has 0 bridgehead atoms. The molecule has 0 saturated carbocycles. The van der Waals surface area contributed by atoms with Gasteiger partial charge in [0.1, 0.15) is 0 Å². The predicted molar refractivity (Wildman–Crippen MR) is 134 cm³/mol. The summed E-state index contributed by atoms with van der Waals surface area (Å²) in [7, 11) is 0. The third-order valence-corrected chi connectivity index (χ3v) is 6.19. The first kappa shape index (κ1) is 24.2. The van der Waals surface area contributed by atoms with Gasteiger partial charge >= 0.3 is 5.97 Å². The van der Waals surface area contributed by atoms with Crippen molar-refractivity contribution in [2.24, 2.45) is 0 Å². The molecule has 4 rings (SSSR count). The Morgan fingerprint density at radius 3 is 1.86 bits per heavy atom. The van der Waals surface area contributed by atoms with Gasteiger partial charge in [0.2, 0.25) is 5.91 Å². The average molecular weight is 472 g/mol. The van der Waals surface area contributed by atoms with Crippen LogP contribution in [0.15, 0.2) is 84.9 Å². The number of nitrogens with zero attached hydrogens (tertiary/aromatic N) is 2. The van der Waals surface area contributed by atoms with Gasteiger partial charge in [0.15, 0.2) is 0 Å². The first-order valence-corrected chi connectivity index (χ1v) is 11.8. The second-order valence-corrected chi connectivity index (χ2v) is 8.54. The van der Waals surface area contributed by atoms with Gasteiger partial charge in [0.05, 0.1) is 23.7 Å². The van der Waals surface area contributed by atoms with E-state index in [0.29, 0.717) is 37.4 Å². The Hall–Kier alpha value is -3.97. The lowest BCUT2D eigenvalue weighted by atomic mass is 9.96. The van der Waals surface area contributed by atoms with Crippen molar-refractivity contribution in [2.45, 2.75) is 18.9 Å². The van der Waals surface area contributed by atoms with Crippen LogP contribution in [-0.2, 0) is 9.59 Å². The summed E-state index contributed by atoms with van der Waals surface area (Å²) in [6.07, 6.45) is -0.398. The molecule has 0 radical (unpaired) electrons. The number of hydrogen-bond donors (Lipinski definition) is 2. The van der Waals surface area contributed by atoms with Crippen molar-refractivity contribution < 1.29 is 19.5 Å². The molecule has 0 aromatic heterocycles. The van der Waals surface area contributed by atoms with Crippen LogP contribution in [-0.4, -0.2) is 58.9 Å². The number of para-hydroxylation sites is 1. The SMILES string of the molecule is O=C(O)CCC(=O)Nc1ccccc1C(=O)N1CCN(C(c2ccccc2)c2ccccc2)CC1. The number of piperazine rings is 1. The maximum Gasteiger partial charge on any atom is 0.303 e. The van der Waals surface area contributed by atoms with Crippen LogP contribution in [0.3, 0.4) is 0 Å². The molecule has 3 aromatic carbocycles. The minimum absolute atomic E-state index is 0.107. The Labute approximate surface area is 205 Å². The molecular formula is C28H29N3O4. The normalized spacial score (nSPS) is 14.0. The molecule has 2 N–H and O–H groups in total. The van der Waals surface area contributed by atoms with Crippen LogP contribution in [0.25, 0.3) is 0 Å². The summed E-state index contributed by atoms with van der Waals surface area (Å²) in [5.74, 6) is -1.60. The zero-order chi connectivity index (χ0) is 24.6. The van der Waals surface area contributed by atoms with E-state index in [0.717, 1.165) is 0 Å². The fourth-order valence-corrected chi connectivity index (χ4v) is 4.45. The molecule has 1 saturated heterocycles. The Balaban J connectivity index is 1.45. The number of carbonyl (C=O) groups is 3. The van der Waals surface area contributed by atoms with Gasteiger partial charge in [-0.2, -0.15) is 0 Å². The Morgan fingerprint density at radius 1 is 0.743 bits per heavy atom. The largest absolute Gasteiger partial charge is 0.481 e. The van der Waals surface area contributed by atoms with Gasteiger partial charge in [-0.1, -0.05) is 72.8 Å². The highest BCUT2D eigenvalue weighted by molar-refractivity contribution is 6.04. The third kappa shape index (κ3) is 6.13. The van der Waals surface area contributed by atoms with E-state index in [1.54, 1.807) is 24.3 Å². The quantitative estimate of drug-likeness (QED) is 0.518. The molecular weight excluding hydrogens is 442 g/mol. The van der Waals surface area contributed by atoms with Crippen molar-refractivity contribution in [2.75, 3.05) is 31.5 Å². The van der Waals surface area contributed by atoms with Crippen LogP contribution in [0.2, 0.25) is 0 Å². The molecule has 3 aromatic rings. The molecule has 7 nitrogen and oxygen atoms in total. The summed E-state index contributed by atoms with van der Waals surface area (Å²) in [5, 5.41) is 11.5. The number of amides is 2. The first-order valence-electron chi connectivity index (χ1n) is 11.8. The monoisotopic (exact) mass is 471 g/mol. The van der Waals surface area contributed by atoms with Gasteiger partial charge < -0.3 is 15.3 Å². The van der Waals surface area contributed by atoms with E-state index in [-0.39, 0.29) is 24.8 Å². The highest BCUT2D eigenvalue weighted by Gasteiger charge is 2.29. The van der Waals surface area contributed by atoms with E-state index in [1.165, 1.54) is 11.1 Å². The predicted octanol–water partition coefficient (Wildman–Crippen LogP) is 4.04. The number of rotatable bonds is 8. The third-order valence-electron chi connectivity index (χ3n) is 6.19. The van der Waals surface area contributed by atoms with Crippen LogP contribution in [0.4, 0.5) is 5.69 Å². The standard InChI is InChI=1S/C28H29N3O4/c32-25(15-16-26(33)34)29-24-14-8-7-13-23(24)28(35)31-19-17-30(18-20-31)27(21-9-3-1-4-10-21)22-11-5-2-6-12-22/h1-14,27H,15-20H2,(H,29,32)(H,33,34). The molecule has 7 heteroatoms. The van der Waals surface area contributed by atoms with Crippen molar-refractivity contribution in [3.8, 4) is 0 Å². The van der Waals surface area contributed by atoms with E-state index in [4.69, 9.17) is 5.11 Å². The summed E-state index contributed by atoms with van der Waals surface area (Å²) in [6.45, 7) is 2.56. The van der Waals surface area contributed by atoms with Crippen molar-refractivity contribution >= 4 is 23.5 Å². The molecule has 0 aliphatic carbocycles. The van der Waals surface area contributed by atoms with Gasteiger partial charge in [0.25, 0.3) is 5.91 Å². The van der Waals surface area contributed by atoms with E-state index >= 15 is 0 Å². The molecule has 1 aliphatic heterocycles. The van der Waals surface area contributed by atoms with E-state index in [2.05, 4.69) is 34.5 Å². The molecule has 35 heavy (non-hydrogen) atoms. The number of hydrogen-bond acceptors (Lipinski definition) is 4. The summed E-state index contributed by atoms with van der Waals surface area (Å²) in [4.78, 5) is 40.5. The Morgan fingerprint density at radius 2 is 1.29 bits per heavy atom. The van der Waals surface area contributed by atoms with Gasteiger partial charge in [-0.15, -0.1) is 0 Å². The minimum Gasteiger partial charge on any atom is -0.481 e. The molecule has 1 fully saturated rings. The van der Waals surface area contributed by atoms with Gasteiger partial charge in [0, 0.05) is 32.6 Å². The smallest absolute Gasteiger partial charge is 0.303 e. The van der Waals surface area contributed by atoms with E-state index in [1.807, 2.05) is 41.3 Å². The second-order valence-electron chi connectivity index (χ2n) is 8.54. The van der Waals surface area contributed by atoms with Crippen LogP contribution in [0.5, 0.6) is 0 Å². The summed E-state index contributed by atoms with van der Waals surface area (Å²) < 4.78 is 0. The first-order chi connectivity index (χ1) is 17.0. The lowest BCUT2D eigenvalue weighted by Crippen LogP contribution is -2.50. The fraction of sp³-hybridized carbons (Fsp3) is 0.250. The van der Waals surface area contributed by atoms with Gasteiger partial charge in [-0.3, -0.25) is 19.3 Å². The van der Waals surface area contributed by atoms with Crippen LogP contribution in [0.1, 0.15) is 40.4 Å². The van der Waals surface area contributed by atoms with Gasteiger partial charge in [-0.25, -0.2) is 0 Å². The fourth-order valence-electron chi connectivity index (χ4n) is 4.45. The lowest BCUT2D eigenvalue weighted by molar-refractivity contribution is -0.138. The summed E-state index contributed by atoms with van der Waals surface area (Å²) >= 11 is 0. The number of carboxylic acids is 1. The molecule has 180 valence electrons. The maximum atomic E-state index is 13.3. The number of benzene rings is 3. The van der Waals surface area contributed by atoms with Gasteiger partial charge in [-0.05, 0) is 23.3 Å². The number of anilines is 1. The minimum atomic E-state index is -1.04. The summed E-state index contributed by atoms with van der Waals surface area (Å²) in [5.41, 5.74) is 3.25. The number of carbonyl (C=O) groups excluding carboxylic acids is 2. The molecule has 1 aliphatic rings. The second kappa shape index (κ2) is 11.4. The van der Waals surface area contributed by atoms with Crippen LogP contribution < -0.4 is 5.32 Å². The molecule has 0 atom stereocenters. The Bertz CT molecular complexity index is 1120. The van der Waals surface area contributed by atoms with E-state index in [9.17, 15) is 14.4 Å². The topological polar surface area (TPSA) is 89.9 Å². The molecule has 0 spiro atoms. The Kier molecular flexibility index (Phi) is 7.90. The summed E-state index contributed by atoms with van der Waals surface area (Å²) in [6, 6.07) is 27.7. The zero-order valence-corrected chi connectivity index (χ0v) is 19.5. The average Bonchev–Trinajstić information content (AvgIpc) is 2.89. The zero-order valence-electron chi connectivity index (χ0n) is 19.5. The molecule has 1 heterocycles. The highest BCUT2D eigenvalue weighted by atomic mass is 16.4. The molecule has 2 amide bonds. The van der Waals surface area contributed by atoms with Crippen molar-refractivity contribution in [1.29, 1.82) is 0 Å². The van der Waals surface area contributed by atoms with Crippen molar-refractivity contribution in [3.05, 3.63) is 102 Å². The number of carboxylic acid groups (broad SMARTS) is 1. The van der Waals surface area contributed by atoms with Crippen LogP contribution in [0, 0.1) is 0 Å². The van der Waals surface area contributed by atoms with Crippen molar-refractivity contribution in [1.82, 2.24) is 9.80 Å². The molecule has 0 unspecified atom stereocenters. The highest BCUT2D eigenvalue weighted by Crippen LogP contribution is 2.30. The number of nitrogens with one attached hydrogen (secondary N) is 1. The van der Waals surface area contributed by atoms with E-state index < -0.39 is 11.9 Å².